The van der Waals surface area contributed by atoms with Gasteiger partial charge in [-0.15, -0.1) is 0 Å². The van der Waals surface area contributed by atoms with Gasteiger partial charge in [-0.2, -0.15) is 5.10 Å². The summed E-state index contributed by atoms with van der Waals surface area (Å²) in [6.07, 6.45) is 2.75. The van der Waals surface area contributed by atoms with Gasteiger partial charge < -0.3 is 4.90 Å². The monoisotopic (exact) mass is 316 g/mol. The van der Waals surface area contributed by atoms with Crippen LogP contribution < -0.4 is 0 Å². The predicted octanol–water partition coefficient (Wildman–Crippen LogP) is 3.97. The molecule has 23 heavy (non-hydrogen) atoms. The summed E-state index contributed by atoms with van der Waals surface area (Å²) in [6.45, 7) is 14.4. The van der Waals surface area contributed by atoms with Crippen LogP contribution in [0, 0.1) is 6.92 Å². The van der Waals surface area contributed by atoms with Gasteiger partial charge in [0.25, 0.3) is 5.91 Å². The second-order valence-electron chi connectivity index (χ2n) is 6.79. The van der Waals surface area contributed by atoms with E-state index in [1.807, 2.05) is 50.3 Å². The molecule has 2 aromatic heterocycles. The SMILES string of the molecule is CCC(C)n1ncc2c(C(=O)N(C(C)C)C(C)C)cc(C)nc21. The van der Waals surface area contributed by atoms with E-state index in [0.717, 1.165) is 23.1 Å². The fourth-order valence-corrected chi connectivity index (χ4v) is 3.02. The molecule has 2 aromatic rings. The highest BCUT2D eigenvalue weighted by Crippen LogP contribution is 2.24. The molecule has 2 heterocycles. The fourth-order valence-electron chi connectivity index (χ4n) is 3.02. The second-order valence-corrected chi connectivity index (χ2v) is 6.79. The van der Waals surface area contributed by atoms with Crippen molar-refractivity contribution in [2.45, 2.75) is 73.0 Å². The lowest BCUT2D eigenvalue weighted by atomic mass is 10.1. The first-order valence-electron chi connectivity index (χ1n) is 8.45. The van der Waals surface area contributed by atoms with E-state index in [1.165, 1.54) is 0 Å². The number of hydrogen-bond donors (Lipinski definition) is 0. The molecule has 1 atom stereocenters. The van der Waals surface area contributed by atoms with Crippen molar-refractivity contribution in [1.82, 2.24) is 19.7 Å². The van der Waals surface area contributed by atoms with Gasteiger partial charge in [0.05, 0.1) is 23.2 Å². The van der Waals surface area contributed by atoms with Crippen LogP contribution in [0.25, 0.3) is 11.0 Å². The van der Waals surface area contributed by atoms with Crippen LogP contribution >= 0.6 is 0 Å². The van der Waals surface area contributed by atoms with Gasteiger partial charge in [-0.3, -0.25) is 4.79 Å². The van der Waals surface area contributed by atoms with E-state index in [9.17, 15) is 4.79 Å². The van der Waals surface area contributed by atoms with Crippen molar-refractivity contribution in [3.05, 3.63) is 23.5 Å². The number of pyridine rings is 1. The molecule has 1 amide bonds. The number of amides is 1. The lowest BCUT2D eigenvalue weighted by Crippen LogP contribution is -2.42. The molecular weight excluding hydrogens is 288 g/mol. The normalized spacial score (nSPS) is 13.1. The summed E-state index contributed by atoms with van der Waals surface area (Å²) in [5, 5.41) is 5.32. The summed E-state index contributed by atoms with van der Waals surface area (Å²) in [4.78, 5) is 19.6. The summed E-state index contributed by atoms with van der Waals surface area (Å²) in [7, 11) is 0. The number of hydrogen-bond acceptors (Lipinski definition) is 3. The number of fused-ring (bicyclic) bond motifs is 1. The van der Waals surface area contributed by atoms with Crippen LogP contribution in [0.3, 0.4) is 0 Å². The number of nitrogens with zero attached hydrogens (tertiary/aromatic N) is 4. The molecule has 0 bridgehead atoms. The first-order chi connectivity index (χ1) is 10.8. The number of carbonyl (C=O) groups excluding carboxylic acids is 1. The average Bonchev–Trinajstić information content (AvgIpc) is 2.88. The molecular formula is C18H28N4O. The van der Waals surface area contributed by atoms with Gasteiger partial charge in [-0.05, 0) is 54.0 Å². The van der Waals surface area contributed by atoms with Crippen LogP contribution in [0.4, 0.5) is 0 Å². The topological polar surface area (TPSA) is 51.0 Å². The van der Waals surface area contributed by atoms with E-state index in [0.29, 0.717) is 5.56 Å². The fraction of sp³-hybridized carbons (Fsp3) is 0.611. The van der Waals surface area contributed by atoms with E-state index in [4.69, 9.17) is 0 Å². The molecule has 0 aliphatic heterocycles. The Kier molecular flexibility index (Phi) is 5.07. The number of aromatic nitrogens is 3. The van der Waals surface area contributed by atoms with Crippen LogP contribution in [0.2, 0.25) is 0 Å². The molecule has 0 saturated carbocycles. The van der Waals surface area contributed by atoms with Crippen LogP contribution in [0.1, 0.15) is 70.1 Å². The first-order valence-corrected chi connectivity index (χ1v) is 8.45. The first kappa shape index (κ1) is 17.4. The maximum atomic E-state index is 13.1. The Bertz CT molecular complexity index is 694. The Hall–Kier alpha value is -1.91. The lowest BCUT2D eigenvalue weighted by Gasteiger charge is -2.31. The maximum Gasteiger partial charge on any atom is 0.255 e. The quantitative estimate of drug-likeness (QED) is 0.838. The predicted molar refractivity (Wildman–Crippen MR) is 93.7 cm³/mol. The highest BCUT2D eigenvalue weighted by atomic mass is 16.2. The minimum absolute atomic E-state index is 0.0502. The van der Waals surface area contributed by atoms with E-state index < -0.39 is 0 Å². The van der Waals surface area contributed by atoms with Crippen LogP contribution in [-0.4, -0.2) is 37.7 Å². The van der Waals surface area contributed by atoms with Gasteiger partial charge >= 0.3 is 0 Å². The van der Waals surface area contributed by atoms with Crippen molar-refractivity contribution in [1.29, 1.82) is 0 Å². The third kappa shape index (κ3) is 3.23. The maximum absolute atomic E-state index is 13.1. The molecule has 0 aliphatic rings. The standard InChI is InChI=1S/C18H28N4O/c1-8-14(7)22-17-16(10-19-22)15(9-13(6)20-17)18(23)21(11(2)3)12(4)5/h9-12,14H,8H2,1-7H3. The van der Waals surface area contributed by atoms with Crippen LogP contribution in [0.5, 0.6) is 0 Å². The minimum atomic E-state index is 0.0502. The van der Waals surface area contributed by atoms with E-state index >= 15 is 0 Å². The molecule has 0 N–H and O–H groups in total. The zero-order valence-electron chi connectivity index (χ0n) is 15.3. The van der Waals surface area contributed by atoms with E-state index in [1.54, 1.807) is 6.20 Å². The molecule has 0 saturated heterocycles. The van der Waals surface area contributed by atoms with E-state index in [-0.39, 0.29) is 24.0 Å². The van der Waals surface area contributed by atoms with Gasteiger partial charge in [0.2, 0.25) is 0 Å². The third-order valence-corrected chi connectivity index (χ3v) is 4.28. The van der Waals surface area contributed by atoms with Crippen molar-refractivity contribution in [3.63, 3.8) is 0 Å². The Morgan fingerprint density at radius 3 is 2.35 bits per heavy atom. The molecule has 0 radical (unpaired) electrons. The van der Waals surface area contributed by atoms with Crippen LogP contribution in [0.15, 0.2) is 12.3 Å². The molecule has 2 rings (SSSR count). The van der Waals surface area contributed by atoms with Gasteiger partial charge in [0.15, 0.2) is 5.65 Å². The highest BCUT2D eigenvalue weighted by Gasteiger charge is 2.25. The Morgan fingerprint density at radius 1 is 1.22 bits per heavy atom. The molecule has 0 fully saturated rings. The zero-order valence-corrected chi connectivity index (χ0v) is 15.3. The average molecular weight is 316 g/mol. The van der Waals surface area contributed by atoms with Gasteiger partial charge in [-0.1, -0.05) is 6.92 Å². The number of carbonyl (C=O) groups is 1. The lowest BCUT2D eigenvalue weighted by molar-refractivity contribution is 0.0645. The summed E-state index contributed by atoms with van der Waals surface area (Å²) < 4.78 is 1.92. The molecule has 0 aromatic carbocycles. The Morgan fingerprint density at radius 2 is 1.83 bits per heavy atom. The number of rotatable bonds is 5. The summed E-state index contributed by atoms with van der Waals surface area (Å²) in [5.41, 5.74) is 2.35. The van der Waals surface area contributed by atoms with Crippen molar-refractivity contribution in [2.24, 2.45) is 0 Å². The van der Waals surface area contributed by atoms with Crippen molar-refractivity contribution in [3.8, 4) is 0 Å². The highest BCUT2D eigenvalue weighted by molar-refractivity contribution is 6.05. The smallest absolute Gasteiger partial charge is 0.255 e. The molecule has 126 valence electrons. The van der Waals surface area contributed by atoms with Crippen LogP contribution in [-0.2, 0) is 0 Å². The van der Waals surface area contributed by atoms with Crippen molar-refractivity contribution < 1.29 is 4.79 Å². The Labute approximate surface area is 138 Å². The number of aryl methyl sites for hydroxylation is 1. The summed E-state index contributed by atoms with van der Waals surface area (Å²) in [5.74, 6) is 0.0502. The summed E-state index contributed by atoms with van der Waals surface area (Å²) in [6, 6.07) is 2.44. The molecule has 0 spiro atoms. The summed E-state index contributed by atoms with van der Waals surface area (Å²) >= 11 is 0. The zero-order chi connectivity index (χ0) is 17.3. The molecule has 5 heteroatoms. The minimum Gasteiger partial charge on any atom is -0.334 e. The van der Waals surface area contributed by atoms with Gasteiger partial charge in [-0.25, -0.2) is 9.67 Å². The van der Waals surface area contributed by atoms with Crippen molar-refractivity contribution in [2.75, 3.05) is 0 Å². The second kappa shape index (κ2) is 6.69. The van der Waals surface area contributed by atoms with Crippen molar-refractivity contribution >= 4 is 16.9 Å². The largest absolute Gasteiger partial charge is 0.334 e. The molecule has 0 aliphatic carbocycles. The Balaban J connectivity index is 2.61. The van der Waals surface area contributed by atoms with E-state index in [2.05, 4.69) is 23.9 Å². The molecule has 1 unspecified atom stereocenters. The third-order valence-electron chi connectivity index (χ3n) is 4.28. The molecule has 5 nitrogen and oxygen atoms in total. The van der Waals surface area contributed by atoms with Gasteiger partial charge in [0.1, 0.15) is 0 Å². The van der Waals surface area contributed by atoms with Gasteiger partial charge in [0, 0.05) is 17.8 Å².